The Kier molecular flexibility index (Phi) is 7.75. The number of aromatic nitrogens is 2. The van der Waals surface area contributed by atoms with E-state index in [9.17, 15) is 4.79 Å². The van der Waals surface area contributed by atoms with E-state index in [4.69, 9.17) is 4.74 Å². The summed E-state index contributed by atoms with van der Waals surface area (Å²) >= 11 is 0. The maximum atomic E-state index is 12.0. The maximum absolute atomic E-state index is 12.0. The summed E-state index contributed by atoms with van der Waals surface area (Å²) in [5.74, 6) is 0.360. The number of unbranched alkanes of at least 4 members (excludes halogenated alkanes) is 2. The first-order chi connectivity index (χ1) is 11.3. The summed E-state index contributed by atoms with van der Waals surface area (Å²) in [5.41, 5.74) is 0.408. The minimum Gasteiger partial charge on any atom is -0.379 e. The number of morpholine rings is 1. The number of amides is 1. The molecule has 0 spiro atoms. The molecule has 1 aromatic rings. The molecule has 2 heterocycles. The average Bonchev–Trinajstić information content (AvgIpc) is 2.60. The van der Waals surface area contributed by atoms with E-state index in [0.29, 0.717) is 18.2 Å². The first-order valence-electron chi connectivity index (χ1n) is 8.45. The van der Waals surface area contributed by atoms with Crippen LogP contribution in [0.1, 0.15) is 36.7 Å². The molecule has 0 bridgehead atoms. The van der Waals surface area contributed by atoms with Crippen molar-refractivity contribution in [3.8, 4) is 0 Å². The highest BCUT2D eigenvalue weighted by Crippen LogP contribution is 2.02. The molecule has 1 fully saturated rings. The molecule has 7 heteroatoms. The molecule has 2 N–H and O–H groups in total. The zero-order valence-corrected chi connectivity index (χ0v) is 13.9. The van der Waals surface area contributed by atoms with Crippen LogP contribution in [0.25, 0.3) is 0 Å². The summed E-state index contributed by atoms with van der Waals surface area (Å²) in [6, 6.07) is 1.64. The van der Waals surface area contributed by atoms with Gasteiger partial charge >= 0.3 is 0 Å². The Morgan fingerprint density at radius 2 is 2.13 bits per heavy atom. The Labute approximate surface area is 137 Å². The number of carbonyl (C=O) groups is 1. The molecule has 0 saturated carbocycles. The molecule has 0 aromatic carbocycles. The van der Waals surface area contributed by atoms with Crippen molar-refractivity contribution in [1.29, 1.82) is 0 Å². The lowest BCUT2D eigenvalue weighted by molar-refractivity contribution is 0.0398. The molecule has 0 unspecified atom stereocenters. The SMILES string of the molecule is CCCCCNC(=O)c1ccnc(NCCN2CCOCC2)n1. The molecule has 128 valence electrons. The quantitative estimate of drug-likeness (QED) is 0.664. The van der Waals surface area contributed by atoms with Gasteiger partial charge in [0.05, 0.1) is 13.2 Å². The van der Waals surface area contributed by atoms with E-state index in [1.807, 2.05) is 0 Å². The lowest BCUT2D eigenvalue weighted by Crippen LogP contribution is -2.39. The number of nitrogens with zero attached hydrogens (tertiary/aromatic N) is 3. The van der Waals surface area contributed by atoms with Gasteiger partial charge < -0.3 is 15.4 Å². The van der Waals surface area contributed by atoms with Gasteiger partial charge in [-0.3, -0.25) is 9.69 Å². The average molecular weight is 321 g/mol. The van der Waals surface area contributed by atoms with E-state index < -0.39 is 0 Å². The summed E-state index contributed by atoms with van der Waals surface area (Å²) in [4.78, 5) is 22.8. The second-order valence-electron chi connectivity index (χ2n) is 5.61. The highest BCUT2D eigenvalue weighted by Gasteiger charge is 2.11. The molecular weight excluding hydrogens is 294 g/mol. The fourth-order valence-corrected chi connectivity index (χ4v) is 2.39. The van der Waals surface area contributed by atoms with E-state index in [2.05, 4.69) is 32.4 Å². The summed E-state index contributed by atoms with van der Waals surface area (Å²) in [7, 11) is 0. The van der Waals surface area contributed by atoms with Gasteiger partial charge in [0.2, 0.25) is 5.95 Å². The standard InChI is InChI=1S/C16H27N5O2/c1-2-3-4-6-17-15(22)14-5-7-18-16(20-14)19-8-9-21-10-12-23-13-11-21/h5,7H,2-4,6,8-13H2,1H3,(H,17,22)(H,18,19,20). The number of hydrogen-bond acceptors (Lipinski definition) is 6. The Hall–Kier alpha value is -1.73. The molecule has 0 aliphatic carbocycles. The van der Waals surface area contributed by atoms with E-state index in [1.54, 1.807) is 12.3 Å². The van der Waals surface area contributed by atoms with Crippen molar-refractivity contribution in [3.63, 3.8) is 0 Å². The molecule has 1 amide bonds. The Morgan fingerprint density at radius 1 is 1.30 bits per heavy atom. The van der Waals surface area contributed by atoms with Crippen molar-refractivity contribution in [2.75, 3.05) is 51.3 Å². The topological polar surface area (TPSA) is 79.4 Å². The van der Waals surface area contributed by atoms with Gasteiger partial charge in [-0.1, -0.05) is 19.8 Å². The van der Waals surface area contributed by atoms with Gasteiger partial charge in [-0.15, -0.1) is 0 Å². The van der Waals surface area contributed by atoms with Crippen LogP contribution in [0, 0.1) is 0 Å². The third-order valence-corrected chi connectivity index (χ3v) is 3.77. The van der Waals surface area contributed by atoms with Crippen molar-refractivity contribution in [1.82, 2.24) is 20.2 Å². The fraction of sp³-hybridized carbons (Fsp3) is 0.688. The Morgan fingerprint density at radius 3 is 2.91 bits per heavy atom. The highest BCUT2D eigenvalue weighted by molar-refractivity contribution is 5.92. The largest absolute Gasteiger partial charge is 0.379 e. The summed E-state index contributed by atoms with van der Waals surface area (Å²) in [6.07, 6.45) is 4.88. The van der Waals surface area contributed by atoms with Gasteiger partial charge in [0.15, 0.2) is 0 Å². The minimum atomic E-state index is -0.139. The van der Waals surface area contributed by atoms with E-state index in [1.165, 1.54) is 0 Å². The zero-order valence-electron chi connectivity index (χ0n) is 13.9. The second kappa shape index (κ2) is 10.1. The monoisotopic (exact) mass is 321 g/mol. The lowest BCUT2D eigenvalue weighted by Gasteiger charge is -2.26. The lowest BCUT2D eigenvalue weighted by atomic mass is 10.2. The van der Waals surface area contributed by atoms with Crippen LogP contribution >= 0.6 is 0 Å². The number of hydrogen-bond donors (Lipinski definition) is 2. The van der Waals surface area contributed by atoms with Crippen molar-refractivity contribution in [2.24, 2.45) is 0 Å². The molecular formula is C16H27N5O2. The van der Waals surface area contributed by atoms with Gasteiger partial charge in [-0.25, -0.2) is 9.97 Å². The number of anilines is 1. The van der Waals surface area contributed by atoms with Gasteiger partial charge in [0.1, 0.15) is 5.69 Å². The van der Waals surface area contributed by atoms with Gasteiger partial charge in [-0.05, 0) is 12.5 Å². The molecule has 7 nitrogen and oxygen atoms in total. The zero-order chi connectivity index (χ0) is 16.3. The van der Waals surface area contributed by atoms with Gasteiger partial charge in [0.25, 0.3) is 5.91 Å². The van der Waals surface area contributed by atoms with Crippen LogP contribution in [0.5, 0.6) is 0 Å². The van der Waals surface area contributed by atoms with Crippen LogP contribution in [0.3, 0.4) is 0 Å². The van der Waals surface area contributed by atoms with Crippen LogP contribution in [-0.4, -0.2) is 66.7 Å². The third kappa shape index (κ3) is 6.50. The van der Waals surface area contributed by atoms with Gasteiger partial charge in [-0.2, -0.15) is 0 Å². The second-order valence-corrected chi connectivity index (χ2v) is 5.61. The predicted octanol–water partition coefficient (Wildman–Crippen LogP) is 1.14. The molecule has 23 heavy (non-hydrogen) atoms. The van der Waals surface area contributed by atoms with Crippen molar-refractivity contribution in [2.45, 2.75) is 26.2 Å². The van der Waals surface area contributed by atoms with E-state index >= 15 is 0 Å². The van der Waals surface area contributed by atoms with E-state index in [0.717, 1.165) is 58.7 Å². The molecule has 2 rings (SSSR count). The van der Waals surface area contributed by atoms with Crippen LogP contribution in [0.4, 0.5) is 5.95 Å². The number of nitrogens with one attached hydrogen (secondary N) is 2. The van der Waals surface area contributed by atoms with Crippen LogP contribution in [-0.2, 0) is 4.74 Å². The minimum absolute atomic E-state index is 0.139. The van der Waals surface area contributed by atoms with Crippen molar-refractivity contribution in [3.05, 3.63) is 18.0 Å². The Bertz CT molecular complexity index is 477. The van der Waals surface area contributed by atoms with Crippen molar-refractivity contribution >= 4 is 11.9 Å². The number of rotatable bonds is 9. The van der Waals surface area contributed by atoms with Crippen molar-refractivity contribution < 1.29 is 9.53 Å². The first-order valence-corrected chi connectivity index (χ1v) is 8.45. The van der Waals surface area contributed by atoms with E-state index in [-0.39, 0.29) is 5.91 Å². The fourth-order valence-electron chi connectivity index (χ4n) is 2.39. The molecule has 1 aliphatic heterocycles. The molecule has 0 atom stereocenters. The molecule has 0 radical (unpaired) electrons. The summed E-state index contributed by atoms with van der Waals surface area (Å²) in [5, 5.41) is 6.07. The maximum Gasteiger partial charge on any atom is 0.270 e. The number of ether oxygens (including phenoxy) is 1. The molecule has 1 aliphatic rings. The van der Waals surface area contributed by atoms with Crippen LogP contribution in [0.15, 0.2) is 12.3 Å². The number of carbonyl (C=O) groups excluding carboxylic acids is 1. The Balaban J connectivity index is 1.73. The first kappa shape index (κ1) is 17.6. The normalized spacial score (nSPS) is 15.3. The highest BCUT2D eigenvalue weighted by atomic mass is 16.5. The van der Waals surface area contributed by atoms with Gasteiger partial charge in [0, 0.05) is 38.9 Å². The predicted molar refractivity (Wildman–Crippen MR) is 89.6 cm³/mol. The van der Waals surface area contributed by atoms with Crippen LogP contribution < -0.4 is 10.6 Å². The summed E-state index contributed by atoms with van der Waals surface area (Å²) in [6.45, 7) is 8.01. The summed E-state index contributed by atoms with van der Waals surface area (Å²) < 4.78 is 5.32. The molecule has 1 aromatic heterocycles. The van der Waals surface area contributed by atoms with Crippen LogP contribution in [0.2, 0.25) is 0 Å². The molecule has 1 saturated heterocycles. The third-order valence-electron chi connectivity index (χ3n) is 3.77. The smallest absolute Gasteiger partial charge is 0.270 e.